The van der Waals surface area contributed by atoms with Gasteiger partial charge in [0.2, 0.25) is 17.8 Å². The quantitative estimate of drug-likeness (QED) is 0.866. The number of nitrogens with two attached hydrogens (primary N) is 1. The van der Waals surface area contributed by atoms with E-state index in [4.69, 9.17) is 5.73 Å². The van der Waals surface area contributed by atoms with Crippen molar-refractivity contribution in [3.05, 3.63) is 18.7 Å². The maximum Gasteiger partial charge on any atom is 0.241 e. The summed E-state index contributed by atoms with van der Waals surface area (Å²) in [6.07, 6.45) is 12.7. The zero-order valence-corrected chi connectivity index (χ0v) is 12.3. The van der Waals surface area contributed by atoms with Crippen LogP contribution in [0.5, 0.6) is 0 Å². The smallest absolute Gasteiger partial charge is 0.241 e. The van der Waals surface area contributed by atoms with Crippen molar-refractivity contribution in [3.63, 3.8) is 0 Å². The third-order valence-corrected chi connectivity index (χ3v) is 4.05. The minimum atomic E-state index is 0.240. The Morgan fingerprint density at radius 2 is 1.90 bits per heavy atom. The van der Waals surface area contributed by atoms with Gasteiger partial charge in [-0.2, -0.15) is 15.0 Å². The summed E-state index contributed by atoms with van der Waals surface area (Å²) in [5.74, 6) is 1.39. The molecule has 1 saturated carbocycles. The van der Waals surface area contributed by atoms with Crippen molar-refractivity contribution < 1.29 is 0 Å². The Hall–Kier alpha value is -2.18. The van der Waals surface area contributed by atoms with Gasteiger partial charge in [0.1, 0.15) is 6.33 Å². The van der Waals surface area contributed by atoms with Crippen molar-refractivity contribution in [2.24, 2.45) is 0 Å². The van der Waals surface area contributed by atoms with E-state index in [2.05, 4.69) is 24.8 Å². The average Bonchev–Trinajstić information content (AvgIpc) is 2.89. The van der Waals surface area contributed by atoms with E-state index >= 15 is 0 Å². The second-order valence-corrected chi connectivity index (χ2v) is 5.52. The van der Waals surface area contributed by atoms with Gasteiger partial charge in [0.25, 0.3) is 0 Å². The predicted molar refractivity (Wildman–Crippen MR) is 81.3 cm³/mol. The molecule has 7 heteroatoms. The zero-order valence-electron chi connectivity index (χ0n) is 12.3. The van der Waals surface area contributed by atoms with Gasteiger partial charge in [-0.15, -0.1) is 0 Å². The lowest BCUT2D eigenvalue weighted by Gasteiger charge is -2.27. The van der Waals surface area contributed by atoms with Gasteiger partial charge >= 0.3 is 0 Å². The molecule has 2 N–H and O–H groups in total. The number of aromatic nitrogens is 5. The monoisotopic (exact) mass is 287 g/mol. The molecule has 2 aromatic rings. The fourth-order valence-electron chi connectivity index (χ4n) is 2.83. The highest BCUT2D eigenvalue weighted by Crippen LogP contribution is 2.24. The normalized spacial score (nSPS) is 16.6. The van der Waals surface area contributed by atoms with Gasteiger partial charge in [0.15, 0.2) is 0 Å². The van der Waals surface area contributed by atoms with E-state index in [-0.39, 0.29) is 5.95 Å². The maximum atomic E-state index is 5.84. The molecule has 1 fully saturated rings. The molecule has 7 nitrogen and oxygen atoms in total. The molecular formula is C14H21N7. The number of nitrogen functional groups attached to an aromatic ring is 1. The maximum absolute atomic E-state index is 5.84. The predicted octanol–water partition coefficient (Wildman–Crippen LogP) is 1.80. The van der Waals surface area contributed by atoms with Gasteiger partial charge < -0.3 is 10.6 Å². The highest BCUT2D eigenvalue weighted by molar-refractivity contribution is 5.38. The van der Waals surface area contributed by atoms with Crippen LogP contribution in [0, 0.1) is 0 Å². The molecule has 21 heavy (non-hydrogen) atoms. The zero-order chi connectivity index (χ0) is 14.7. The third kappa shape index (κ3) is 3.12. The number of rotatable bonds is 3. The van der Waals surface area contributed by atoms with Gasteiger partial charge in [-0.3, -0.25) is 4.57 Å². The molecule has 2 aromatic heterocycles. The third-order valence-electron chi connectivity index (χ3n) is 4.05. The van der Waals surface area contributed by atoms with Crippen LogP contribution >= 0.6 is 0 Å². The van der Waals surface area contributed by atoms with Crippen LogP contribution in [0.25, 0.3) is 5.95 Å². The molecule has 0 bridgehead atoms. The van der Waals surface area contributed by atoms with Gasteiger partial charge in [0, 0.05) is 25.5 Å². The molecule has 0 radical (unpaired) electrons. The molecule has 0 saturated heterocycles. The lowest BCUT2D eigenvalue weighted by Crippen LogP contribution is -2.33. The first-order chi connectivity index (χ1) is 10.2. The van der Waals surface area contributed by atoms with E-state index < -0.39 is 0 Å². The SMILES string of the molecule is CN(c1nc(N)nc(-n2ccnc2)n1)C1CCCCCC1. The summed E-state index contributed by atoms with van der Waals surface area (Å²) in [5, 5.41) is 0. The van der Waals surface area contributed by atoms with Crippen LogP contribution in [-0.4, -0.2) is 37.6 Å². The summed E-state index contributed by atoms with van der Waals surface area (Å²) in [6.45, 7) is 0. The fourth-order valence-corrected chi connectivity index (χ4v) is 2.83. The molecule has 2 heterocycles. The molecule has 0 unspecified atom stereocenters. The Balaban J connectivity index is 1.87. The minimum absolute atomic E-state index is 0.240. The lowest BCUT2D eigenvalue weighted by molar-refractivity contribution is 0.543. The summed E-state index contributed by atoms with van der Waals surface area (Å²) >= 11 is 0. The molecule has 0 amide bonds. The molecule has 3 rings (SSSR count). The Kier molecular flexibility index (Phi) is 3.98. The van der Waals surface area contributed by atoms with Gasteiger partial charge in [-0.25, -0.2) is 4.98 Å². The summed E-state index contributed by atoms with van der Waals surface area (Å²) in [5.41, 5.74) is 5.84. The van der Waals surface area contributed by atoms with Crippen molar-refractivity contribution >= 4 is 11.9 Å². The largest absolute Gasteiger partial charge is 0.368 e. The van der Waals surface area contributed by atoms with Crippen LogP contribution in [0.4, 0.5) is 11.9 Å². The van der Waals surface area contributed by atoms with Crippen LogP contribution in [0.2, 0.25) is 0 Å². The summed E-state index contributed by atoms with van der Waals surface area (Å²) in [6, 6.07) is 0.477. The second kappa shape index (κ2) is 6.07. The molecule has 1 aliphatic rings. The van der Waals surface area contributed by atoms with E-state index in [9.17, 15) is 0 Å². The van der Waals surface area contributed by atoms with Gasteiger partial charge in [-0.05, 0) is 12.8 Å². The molecular weight excluding hydrogens is 266 g/mol. The van der Waals surface area contributed by atoms with Crippen molar-refractivity contribution in [2.45, 2.75) is 44.6 Å². The standard InChI is InChI=1S/C14H21N7/c1-20(11-6-4-2-3-5-7-11)13-17-12(15)18-14(19-13)21-9-8-16-10-21/h8-11H,2-7H2,1H3,(H2,15,17,18,19). The summed E-state index contributed by atoms with van der Waals surface area (Å²) in [7, 11) is 2.04. The summed E-state index contributed by atoms with van der Waals surface area (Å²) < 4.78 is 1.74. The topological polar surface area (TPSA) is 85.8 Å². The Labute approximate surface area is 124 Å². The van der Waals surface area contributed by atoms with Crippen LogP contribution in [0.1, 0.15) is 38.5 Å². The Morgan fingerprint density at radius 1 is 1.14 bits per heavy atom. The Bertz CT molecular complexity index is 573. The van der Waals surface area contributed by atoms with E-state index in [1.165, 1.54) is 38.5 Å². The number of imidazole rings is 1. The highest BCUT2D eigenvalue weighted by Gasteiger charge is 2.20. The number of nitrogens with zero attached hydrogens (tertiary/aromatic N) is 6. The second-order valence-electron chi connectivity index (χ2n) is 5.52. The molecule has 1 aliphatic carbocycles. The van der Waals surface area contributed by atoms with Crippen LogP contribution in [0.15, 0.2) is 18.7 Å². The highest BCUT2D eigenvalue weighted by atomic mass is 15.3. The molecule has 0 aliphatic heterocycles. The summed E-state index contributed by atoms with van der Waals surface area (Å²) in [4.78, 5) is 19.2. The molecule has 0 atom stereocenters. The van der Waals surface area contributed by atoms with E-state index in [0.717, 1.165) is 0 Å². The minimum Gasteiger partial charge on any atom is -0.368 e. The van der Waals surface area contributed by atoms with Crippen LogP contribution in [0.3, 0.4) is 0 Å². The van der Waals surface area contributed by atoms with Crippen molar-refractivity contribution in [2.75, 3.05) is 17.7 Å². The van der Waals surface area contributed by atoms with Gasteiger partial charge in [0.05, 0.1) is 0 Å². The molecule has 0 spiro atoms. The van der Waals surface area contributed by atoms with Crippen molar-refractivity contribution in [1.29, 1.82) is 0 Å². The van der Waals surface area contributed by atoms with Crippen molar-refractivity contribution in [1.82, 2.24) is 24.5 Å². The number of anilines is 2. The first-order valence-corrected chi connectivity index (χ1v) is 7.47. The molecule has 0 aromatic carbocycles. The van der Waals surface area contributed by atoms with Crippen LogP contribution < -0.4 is 10.6 Å². The lowest BCUT2D eigenvalue weighted by atomic mass is 10.1. The van der Waals surface area contributed by atoms with Crippen molar-refractivity contribution in [3.8, 4) is 5.95 Å². The van der Waals surface area contributed by atoms with E-state index in [1.54, 1.807) is 23.3 Å². The van der Waals surface area contributed by atoms with Crippen LogP contribution in [-0.2, 0) is 0 Å². The van der Waals surface area contributed by atoms with E-state index in [0.29, 0.717) is 17.9 Å². The first-order valence-electron chi connectivity index (χ1n) is 7.47. The van der Waals surface area contributed by atoms with E-state index in [1.807, 2.05) is 7.05 Å². The first kappa shape index (κ1) is 13.8. The number of hydrogen-bond acceptors (Lipinski definition) is 6. The number of hydrogen-bond donors (Lipinski definition) is 1. The average molecular weight is 287 g/mol. The fraction of sp³-hybridized carbons (Fsp3) is 0.571. The molecule has 112 valence electrons. The Morgan fingerprint density at radius 3 is 2.57 bits per heavy atom. The van der Waals surface area contributed by atoms with Gasteiger partial charge in [-0.1, -0.05) is 25.7 Å².